The largest absolute Gasteiger partial charge is 0.152 e. The topological polar surface area (TPSA) is 0 Å². The summed E-state index contributed by atoms with van der Waals surface area (Å²) < 4.78 is 0. The van der Waals surface area contributed by atoms with E-state index in [9.17, 15) is 0 Å². The average Bonchev–Trinajstić information content (AvgIpc) is 2.67. The molecule has 0 unspecified atom stereocenters. The molecule has 0 fully saturated rings. The van der Waals surface area contributed by atoms with Gasteiger partial charge in [0.2, 0.25) is 0 Å². The van der Waals surface area contributed by atoms with Gasteiger partial charge in [0, 0.05) is 0 Å². The monoisotopic (exact) mass is 210 g/mol. The van der Waals surface area contributed by atoms with Crippen LogP contribution in [0.3, 0.4) is 0 Å². The normalized spacial score (nSPS) is 11.1. The molecule has 0 radical (unpaired) electrons. The van der Waals surface area contributed by atoms with Crippen LogP contribution in [0, 0.1) is 5.92 Å². The van der Waals surface area contributed by atoms with Crippen molar-refractivity contribution in [2.75, 3.05) is 0 Å². The van der Waals surface area contributed by atoms with E-state index in [1.165, 1.54) is 44.1 Å². The fraction of sp³-hybridized carbons (Fsp3) is 0.692. The molecule has 1 aromatic heterocycles. The summed E-state index contributed by atoms with van der Waals surface area (Å²) in [5, 5.41) is 4.47. The second-order valence-corrected chi connectivity index (χ2v) is 4.89. The highest BCUT2D eigenvalue weighted by Crippen LogP contribution is 2.20. The highest BCUT2D eigenvalue weighted by atomic mass is 32.1. The van der Waals surface area contributed by atoms with Gasteiger partial charge in [-0.2, -0.15) is 11.3 Å². The number of aryl methyl sites for hydroxylation is 1. The third-order valence-electron chi connectivity index (χ3n) is 2.82. The summed E-state index contributed by atoms with van der Waals surface area (Å²) in [6.45, 7) is 4.60. The molecule has 1 heterocycles. The van der Waals surface area contributed by atoms with E-state index in [1.54, 1.807) is 0 Å². The smallest absolute Gasteiger partial charge is 0.00613 e. The van der Waals surface area contributed by atoms with Gasteiger partial charge in [-0.05, 0) is 41.1 Å². The van der Waals surface area contributed by atoms with Crippen LogP contribution in [0.25, 0.3) is 0 Å². The van der Waals surface area contributed by atoms with Crippen LogP contribution in [0.2, 0.25) is 0 Å². The van der Waals surface area contributed by atoms with Crippen LogP contribution >= 0.6 is 11.3 Å². The Labute approximate surface area is 92.4 Å². The molecule has 0 atom stereocenters. The zero-order valence-electron chi connectivity index (χ0n) is 9.46. The van der Waals surface area contributed by atoms with Crippen molar-refractivity contribution in [3.05, 3.63) is 22.4 Å². The fourth-order valence-corrected chi connectivity index (χ4v) is 2.76. The summed E-state index contributed by atoms with van der Waals surface area (Å²) in [5.74, 6) is 0.963. The summed E-state index contributed by atoms with van der Waals surface area (Å²) in [5.41, 5.74) is 1.53. The number of rotatable bonds is 7. The highest BCUT2D eigenvalue weighted by Gasteiger charge is 2.06. The van der Waals surface area contributed by atoms with E-state index < -0.39 is 0 Å². The summed E-state index contributed by atoms with van der Waals surface area (Å²) in [6, 6.07) is 2.26. The summed E-state index contributed by atoms with van der Waals surface area (Å²) in [7, 11) is 0. The van der Waals surface area contributed by atoms with Crippen LogP contribution in [0.15, 0.2) is 16.8 Å². The maximum absolute atomic E-state index is 2.30. The predicted molar refractivity (Wildman–Crippen MR) is 65.9 cm³/mol. The lowest BCUT2D eigenvalue weighted by molar-refractivity contribution is 0.411. The van der Waals surface area contributed by atoms with Gasteiger partial charge in [0.25, 0.3) is 0 Å². The van der Waals surface area contributed by atoms with Crippen molar-refractivity contribution in [3.8, 4) is 0 Å². The molecule has 0 bridgehead atoms. The molecule has 0 spiro atoms. The molecular formula is C13H22S. The van der Waals surface area contributed by atoms with Gasteiger partial charge in [-0.3, -0.25) is 0 Å². The molecule has 0 saturated carbocycles. The molecule has 0 N–H and O–H groups in total. The second-order valence-electron chi connectivity index (χ2n) is 4.11. The van der Waals surface area contributed by atoms with E-state index in [4.69, 9.17) is 0 Å². The lowest BCUT2D eigenvalue weighted by Crippen LogP contribution is -2.01. The van der Waals surface area contributed by atoms with Gasteiger partial charge >= 0.3 is 0 Å². The van der Waals surface area contributed by atoms with Crippen molar-refractivity contribution in [2.45, 2.75) is 52.4 Å². The van der Waals surface area contributed by atoms with Gasteiger partial charge in [-0.15, -0.1) is 0 Å². The number of hydrogen-bond donors (Lipinski definition) is 0. The van der Waals surface area contributed by atoms with Crippen molar-refractivity contribution < 1.29 is 0 Å². The Balaban J connectivity index is 2.25. The second kappa shape index (κ2) is 7.05. The van der Waals surface area contributed by atoms with Crippen LogP contribution in [0.4, 0.5) is 0 Å². The van der Waals surface area contributed by atoms with Crippen LogP contribution in [-0.4, -0.2) is 0 Å². The average molecular weight is 210 g/mol. The minimum Gasteiger partial charge on any atom is -0.152 e. The van der Waals surface area contributed by atoms with Crippen molar-refractivity contribution in [1.29, 1.82) is 0 Å². The fourth-order valence-electron chi connectivity index (χ4n) is 2.06. The predicted octanol–water partition coefficient (Wildman–Crippen LogP) is 4.90. The SMILES string of the molecule is CCCC(CCC)CCc1ccsc1. The number of thiophene rings is 1. The Morgan fingerprint density at radius 1 is 1.14 bits per heavy atom. The van der Waals surface area contributed by atoms with Crippen LogP contribution in [-0.2, 0) is 6.42 Å². The van der Waals surface area contributed by atoms with E-state index in [1.807, 2.05) is 11.3 Å². The van der Waals surface area contributed by atoms with Gasteiger partial charge in [0.15, 0.2) is 0 Å². The van der Waals surface area contributed by atoms with Gasteiger partial charge < -0.3 is 0 Å². The summed E-state index contributed by atoms with van der Waals surface area (Å²) in [4.78, 5) is 0. The van der Waals surface area contributed by atoms with E-state index in [0.717, 1.165) is 5.92 Å². The van der Waals surface area contributed by atoms with Gasteiger partial charge in [0.05, 0.1) is 0 Å². The third kappa shape index (κ3) is 4.28. The van der Waals surface area contributed by atoms with E-state index in [2.05, 4.69) is 30.7 Å². The Bertz CT molecular complexity index is 207. The molecule has 1 rings (SSSR count). The lowest BCUT2D eigenvalue weighted by Gasteiger charge is -2.14. The standard InChI is InChI=1S/C13H22S/c1-3-5-12(6-4-2)7-8-13-9-10-14-11-13/h9-12H,3-8H2,1-2H3. The molecule has 1 aromatic rings. The van der Waals surface area contributed by atoms with Gasteiger partial charge in [0.1, 0.15) is 0 Å². The van der Waals surface area contributed by atoms with Crippen molar-refractivity contribution in [1.82, 2.24) is 0 Å². The molecule has 0 nitrogen and oxygen atoms in total. The lowest BCUT2D eigenvalue weighted by atomic mass is 9.92. The first kappa shape index (κ1) is 11.8. The van der Waals surface area contributed by atoms with Crippen molar-refractivity contribution in [2.24, 2.45) is 5.92 Å². The van der Waals surface area contributed by atoms with Crippen LogP contribution in [0.1, 0.15) is 51.5 Å². The maximum atomic E-state index is 2.30. The van der Waals surface area contributed by atoms with E-state index in [0.29, 0.717) is 0 Å². The third-order valence-corrected chi connectivity index (χ3v) is 3.55. The van der Waals surface area contributed by atoms with Crippen molar-refractivity contribution in [3.63, 3.8) is 0 Å². The molecule has 0 saturated heterocycles. The quantitative estimate of drug-likeness (QED) is 0.600. The Hall–Kier alpha value is -0.300. The van der Waals surface area contributed by atoms with Gasteiger partial charge in [-0.25, -0.2) is 0 Å². The maximum Gasteiger partial charge on any atom is -0.00613 e. The molecular weight excluding hydrogens is 188 g/mol. The van der Waals surface area contributed by atoms with E-state index in [-0.39, 0.29) is 0 Å². The zero-order valence-corrected chi connectivity index (χ0v) is 10.3. The molecule has 0 aromatic carbocycles. The molecule has 0 aliphatic carbocycles. The summed E-state index contributed by atoms with van der Waals surface area (Å²) in [6.07, 6.45) is 8.19. The summed E-state index contributed by atoms with van der Waals surface area (Å²) >= 11 is 1.82. The Morgan fingerprint density at radius 3 is 2.36 bits per heavy atom. The number of hydrogen-bond acceptors (Lipinski definition) is 1. The molecule has 0 amide bonds. The Morgan fingerprint density at radius 2 is 1.86 bits per heavy atom. The Kier molecular flexibility index (Phi) is 5.93. The van der Waals surface area contributed by atoms with Gasteiger partial charge in [-0.1, -0.05) is 39.5 Å². The minimum absolute atomic E-state index is 0.963. The van der Waals surface area contributed by atoms with Crippen LogP contribution < -0.4 is 0 Å². The molecule has 80 valence electrons. The molecule has 14 heavy (non-hydrogen) atoms. The minimum atomic E-state index is 0.963. The molecule has 1 heteroatoms. The molecule has 0 aliphatic heterocycles. The van der Waals surface area contributed by atoms with E-state index >= 15 is 0 Å². The molecule has 0 aliphatic rings. The van der Waals surface area contributed by atoms with Crippen LogP contribution in [0.5, 0.6) is 0 Å². The first-order valence-electron chi connectivity index (χ1n) is 5.87. The highest BCUT2D eigenvalue weighted by molar-refractivity contribution is 7.07. The van der Waals surface area contributed by atoms with Crippen molar-refractivity contribution >= 4 is 11.3 Å². The zero-order chi connectivity index (χ0) is 10.2. The first-order valence-corrected chi connectivity index (χ1v) is 6.82. The first-order chi connectivity index (χ1) is 6.86.